The highest BCUT2D eigenvalue weighted by Crippen LogP contribution is 2.36. The first kappa shape index (κ1) is 20.3. The number of aromatic nitrogens is 2. The van der Waals surface area contributed by atoms with Crippen LogP contribution in [0.1, 0.15) is 6.92 Å². The average molecular weight is 418 g/mol. The van der Waals surface area contributed by atoms with E-state index in [1.165, 1.54) is 12.3 Å². The molecule has 0 fully saturated rings. The zero-order valence-corrected chi connectivity index (χ0v) is 15.9. The van der Waals surface area contributed by atoms with Crippen molar-refractivity contribution in [1.82, 2.24) is 9.97 Å². The third-order valence-corrected chi connectivity index (χ3v) is 4.07. The Morgan fingerprint density at radius 2 is 2.10 bits per heavy atom. The molecular weight excluding hydrogens is 404 g/mol. The fourth-order valence-electron chi connectivity index (χ4n) is 2.52. The van der Waals surface area contributed by atoms with E-state index in [0.717, 1.165) is 6.92 Å². The van der Waals surface area contributed by atoms with Gasteiger partial charge in [-0.1, -0.05) is 17.5 Å². The Hall–Kier alpha value is -3.44. The molecule has 3 rings (SSSR count). The number of terminal acetylenes is 1. The van der Waals surface area contributed by atoms with Gasteiger partial charge in [0.2, 0.25) is 0 Å². The maximum Gasteiger partial charge on any atom is 0.262 e. The summed E-state index contributed by atoms with van der Waals surface area (Å²) in [6.07, 6.45) is 7.02. The highest BCUT2D eigenvalue weighted by molar-refractivity contribution is 6.33. The molecule has 0 aliphatic carbocycles. The SMILES string of the molecule is C#C/C=C(F)\C(C(=O)Nc1ccc(-c2nc3c(cc2Cl)OCCO3)cn1)=C(/C)F. The maximum atomic E-state index is 13.8. The summed E-state index contributed by atoms with van der Waals surface area (Å²) in [7, 11) is 0. The van der Waals surface area contributed by atoms with Gasteiger partial charge in [-0.2, -0.15) is 0 Å². The van der Waals surface area contributed by atoms with E-state index in [1.54, 1.807) is 12.1 Å². The van der Waals surface area contributed by atoms with Crippen LogP contribution < -0.4 is 14.8 Å². The predicted molar refractivity (Wildman–Crippen MR) is 104 cm³/mol. The van der Waals surface area contributed by atoms with Gasteiger partial charge >= 0.3 is 0 Å². The van der Waals surface area contributed by atoms with Crippen molar-refractivity contribution in [3.63, 3.8) is 0 Å². The van der Waals surface area contributed by atoms with Gasteiger partial charge < -0.3 is 14.8 Å². The number of rotatable bonds is 4. The molecule has 1 N–H and O–H groups in total. The van der Waals surface area contributed by atoms with Crippen LogP contribution in [0.5, 0.6) is 11.6 Å². The molecule has 0 radical (unpaired) electrons. The standard InChI is InChI=1S/C20H14ClF2N3O3/c1-3-4-14(23)17(11(2)22)19(27)25-16-6-5-12(10-24-16)18-13(21)9-15-20(26-18)29-8-7-28-15/h1,4-6,9-10H,7-8H2,2H3,(H,24,25,27)/b14-4+,17-11-. The number of hydrogen-bond acceptors (Lipinski definition) is 5. The predicted octanol–water partition coefficient (Wildman–Crippen LogP) is 4.24. The lowest BCUT2D eigenvalue weighted by Gasteiger charge is -2.18. The van der Waals surface area contributed by atoms with Crippen molar-refractivity contribution < 1.29 is 23.0 Å². The maximum absolute atomic E-state index is 13.8. The molecule has 2 aromatic rings. The van der Waals surface area contributed by atoms with E-state index in [-0.39, 0.29) is 5.82 Å². The second kappa shape index (κ2) is 8.71. The number of ether oxygens (including phenoxy) is 2. The molecule has 1 aliphatic heterocycles. The monoisotopic (exact) mass is 417 g/mol. The fourth-order valence-corrected chi connectivity index (χ4v) is 2.77. The zero-order valence-electron chi connectivity index (χ0n) is 15.1. The van der Waals surface area contributed by atoms with Crippen molar-refractivity contribution in [2.45, 2.75) is 6.92 Å². The largest absolute Gasteiger partial charge is 0.484 e. The zero-order chi connectivity index (χ0) is 21.0. The van der Waals surface area contributed by atoms with Crippen molar-refractivity contribution >= 4 is 23.3 Å². The van der Waals surface area contributed by atoms with E-state index in [9.17, 15) is 13.6 Å². The lowest BCUT2D eigenvalue weighted by molar-refractivity contribution is -0.112. The van der Waals surface area contributed by atoms with Gasteiger partial charge in [-0.05, 0) is 19.1 Å². The Kier molecular flexibility index (Phi) is 6.10. The van der Waals surface area contributed by atoms with Gasteiger partial charge in [0.1, 0.15) is 36.3 Å². The smallest absolute Gasteiger partial charge is 0.262 e. The number of nitrogens with zero attached hydrogens (tertiary/aromatic N) is 2. The number of carbonyl (C=O) groups excluding carboxylic acids is 1. The number of halogens is 3. The van der Waals surface area contributed by atoms with Crippen LogP contribution in [-0.4, -0.2) is 29.1 Å². The summed E-state index contributed by atoms with van der Waals surface area (Å²) in [5.41, 5.74) is 0.149. The molecule has 0 saturated heterocycles. The molecule has 9 heteroatoms. The van der Waals surface area contributed by atoms with Crippen LogP contribution in [0.4, 0.5) is 14.6 Å². The number of carbonyl (C=O) groups is 1. The van der Waals surface area contributed by atoms with Gasteiger partial charge in [0.15, 0.2) is 5.75 Å². The van der Waals surface area contributed by atoms with E-state index in [1.807, 2.05) is 5.92 Å². The molecule has 0 unspecified atom stereocenters. The van der Waals surface area contributed by atoms with E-state index < -0.39 is 23.1 Å². The van der Waals surface area contributed by atoms with E-state index in [4.69, 9.17) is 27.5 Å². The normalized spacial score (nSPS) is 14.0. The Balaban J connectivity index is 1.83. The summed E-state index contributed by atoms with van der Waals surface area (Å²) in [5, 5.41) is 2.64. The van der Waals surface area contributed by atoms with Crippen molar-refractivity contribution in [3.05, 3.63) is 52.7 Å². The first-order valence-corrected chi connectivity index (χ1v) is 8.71. The Morgan fingerprint density at radius 1 is 1.34 bits per heavy atom. The van der Waals surface area contributed by atoms with Gasteiger partial charge in [-0.15, -0.1) is 6.42 Å². The van der Waals surface area contributed by atoms with Gasteiger partial charge in [0.25, 0.3) is 11.8 Å². The van der Waals surface area contributed by atoms with Crippen LogP contribution >= 0.6 is 11.6 Å². The summed E-state index contributed by atoms with van der Waals surface area (Å²) in [6.45, 7) is 1.73. The second-order valence-electron chi connectivity index (χ2n) is 5.77. The van der Waals surface area contributed by atoms with Crippen molar-refractivity contribution in [2.24, 2.45) is 0 Å². The molecule has 1 aliphatic rings. The average Bonchev–Trinajstić information content (AvgIpc) is 2.68. The minimum absolute atomic E-state index is 0.0691. The van der Waals surface area contributed by atoms with Gasteiger partial charge in [0, 0.05) is 23.9 Å². The summed E-state index contributed by atoms with van der Waals surface area (Å²) >= 11 is 6.25. The van der Waals surface area contributed by atoms with Gasteiger partial charge in [-0.3, -0.25) is 4.79 Å². The minimum Gasteiger partial charge on any atom is -0.484 e. The Bertz CT molecular complexity index is 1060. The third kappa shape index (κ3) is 4.52. The highest BCUT2D eigenvalue weighted by atomic mass is 35.5. The lowest BCUT2D eigenvalue weighted by atomic mass is 10.1. The molecule has 6 nitrogen and oxygen atoms in total. The van der Waals surface area contributed by atoms with Crippen LogP contribution in [0.2, 0.25) is 5.02 Å². The van der Waals surface area contributed by atoms with Crippen LogP contribution in [-0.2, 0) is 4.79 Å². The quantitative estimate of drug-likeness (QED) is 0.457. The van der Waals surface area contributed by atoms with Crippen LogP contribution in [0.25, 0.3) is 11.3 Å². The number of hydrogen-bond donors (Lipinski definition) is 1. The second-order valence-corrected chi connectivity index (χ2v) is 6.18. The van der Waals surface area contributed by atoms with Crippen LogP contribution in [0, 0.1) is 12.3 Å². The lowest BCUT2D eigenvalue weighted by Crippen LogP contribution is -2.17. The van der Waals surface area contributed by atoms with E-state index in [2.05, 4.69) is 15.3 Å². The number of amides is 1. The number of anilines is 1. The molecule has 0 spiro atoms. The summed E-state index contributed by atoms with van der Waals surface area (Å²) < 4.78 is 38.3. The third-order valence-electron chi connectivity index (χ3n) is 3.79. The van der Waals surface area contributed by atoms with Crippen LogP contribution in [0.3, 0.4) is 0 Å². The van der Waals surface area contributed by atoms with Crippen molar-refractivity contribution in [3.8, 4) is 35.2 Å². The number of pyridine rings is 2. The minimum atomic E-state index is -1.16. The molecule has 1 amide bonds. The Labute approximate surface area is 170 Å². The molecule has 2 aromatic heterocycles. The first-order valence-electron chi connectivity index (χ1n) is 8.33. The summed E-state index contributed by atoms with van der Waals surface area (Å²) in [6, 6.07) is 4.62. The number of fused-ring (bicyclic) bond motifs is 1. The molecule has 29 heavy (non-hydrogen) atoms. The molecule has 0 bridgehead atoms. The topological polar surface area (TPSA) is 73.3 Å². The Morgan fingerprint density at radius 3 is 2.76 bits per heavy atom. The molecule has 0 aromatic carbocycles. The van der Waals surface area contributed by atoms with Gasteiger partial charge in [-0.25, -0.2) is 18.7 Å². The molecular formula is C20H14ClF2N3O3. The fraction of sp³-hybridized carbons (Fsp3) is 0.150. The molecule has 3 heterocycles. The van der Waals surface area contributed by atoms with Crippen LogP contribution in [0.15, 0.2) is 47.7 Å². The first-order chi connectivity index (χ1) is 13.9. The van der Waals surface area contributed by atoms with Crippen molar-refractivity contribution in [2.75, 3.05) is 18.5 Å². The van der Waals surface area contributed by atoms with E-state index >= 15 is 0 Å². The van der Waals surface area contributed by atoms with Crippen molar-refractivity contribution in [1.29, 1.82) is 0 Å². The molecule has 0 atom stereocenters. The summed E-state index contributed by atoms with van der Waals surface area (Å²) in [4.78, 5) is 20.6. The van der Waals surface area contributed by atoms with E-state index in [0.29, 0.717) is 47.2 Å². The molecule has 148 valence electrons. The number of allylic oxidation sites excluding steroid dienone is 2. The summed E-state index contributed by atoms with van der Waals surface area (Å²) in [5.74, 6) is -0.463. The number of nitrogens with one attached hydrogen (secondary N) is 1. The van der Waals surface area contributed by atoms with Gasteiger partial charge in [0.05, 0.1) is 10.7 Å². The molecule has 0 saturated carbocycles. The highest BCUT2D eigenvalue weighted by Gasteiger charge is 2.20.